The fraction of sp³-hybridized carbons (Fsp3) is 0.450. The van der Waals surface area contributed by atoms with Gasteiger partial charge in [0.25, 0.3) is 5.91 Å². The van der Waals surface area contributed by atoms with Gasteiger partial charge in [0.15, 0.2) is 0 Å². The number of amides is 1. The largest absolute Gasteiger partial charge is 0.350 e. The molecule has 1 atom stereocenters. The molecular weight excluding hydrogens is 303 g/mol. The van der Waals surface area contributed by atoms with Gasteiger partial charge in [-0.15, -0.1) is 0 Å². The van der Waals surface area contributed by atoms with Gasteiger partial charge in [-0.3, -0.25) is 4.79 Å². The van der Waals surface area contributed by atoms with Gasteiger partial charge in [0, 0.05) is 24.0 Å². The number of halogens is 1. The van der Waals surface area contributed by atoms with Gasteiger partial charge in [0.1, 0.15) is 11.5 Å². The van der Waals surface area contributed by atoms with Crippen molar-refractivity contribution in [1.29, 1.82) is 0 Å². The van der Waals surface area contributed by atoms with Gasteiger partial charge in [0.2, 0.25) is 0 Å². The summed E-state index contributed by atoms with van der Waals surface area (Å²) in [5.41, 5.74) is 2.38. The maximum atomic E-state index is 13.6. The number of aryl methyl sites for hydroxylation is 1. The van der Waals surface area contributed by atoms with Crippen LogP contribution in [0.4, 0.5) is 4.39 Å². The van der Waals surface area contributed by atoms with E-state index in [1.165, 1.54) is 25.0 Å². The van der Waals surface area contributed by atoms with Crippen LogP contribution in [0, 0.1) is 18.2 Å². The number of carbonyl (C=O) groups is 1. The topological polar surface area (TPSA) is 36.1 Å². The minimum absolute atomic E-state index is 0.0413. The van der Waals surface area contributed by atoms with Crippen molar-refractivity contribution in [3.8, 4) is 0 Å². The Morgan fingerprint density at radius 1 is 1.25 bits per heavy atom. The molecule has 0 saturated carbocycles. The molecule has 1 spiro atoms. The summed E-state index contributed by atoms with van der Waals surface area (Å²) < 4.78 is 13.6. The molecule has 3 nitrogen and oxygen atoms in total. The Bertz CT molecular complexity index is 822. The molecule has 1 aromatic heterocycles. The molecule has 2 heterocycles. The third-order valence-corrected chi connectivity index (χ3v) is 5.65. The summed E-state index contributed by atoms with van der Waals surface area (Å²) in [5, 5.41) is 0.923. The number of H-pyrrole nitrogens is 1. The zero-order valence-electron chi connectivity index (χ0n) is 14.1. The summed E-state index contributed by atoms with van der Waals surface area (Å²) in [4.78, 5) is 18.1. The molecule has 4 rings (SSSR count). The Labute approximate surface area is 141 Å². The zero-order chi connectivity index (χ0) is 16.7. The average molecular weight is 326 g/mol. The third kappa shape index (κ3) is 2.64. The van der Waals surface area contributed by atoms with Crippen molar-refractivity contribution >= 4 is 16.8 Å². The summed E-state index contributed by atoms with van der Waals surface area (Å²) in [6.45, 7) is 3.52. The van der Waals surface area contributed by atoms with E-state index >= 15 is 0 Å². The number of aromatic amines is 1. The van der Waals surface area contributed by atoms with Crippen LogP contribution in [0.3, 0.4) is 0 Å². The monoisotopic (exact) mass is 326 g/mol. The molecule has 0 radical (unpaired) electrons. The quantitative estimate of drug-likeness (QED) is 0.765. The van der Waals surface area contributed by atoms with E-state index in [0.717, 1.165) is 43.3 Å². The lowest BCUT2D eigenvalue weighted by Gasteiger charge is -2.43. The third-order valence-electron chi connectivity index (χ3n) is 5.65. The highest BCUT2D eigenvalue weighted by Gasteiger charge is 2.37. The number of rotatable bonds is 1. The van der Waals surface area contributed by atoms with Crippen LogP contribution in [-0.4, -0.2) is 28.9 Å². The van der Waals surface area contributed by atoms with Crippen molar-refractivity contribution < 1.29 is 9.18 Å². The number of carbonyl (C=O) groups excluding carboxylic acids is 1. The minimum Gasteiger partial charge on any atom is -0.350 e. The lowest BCUT2D eigenvalue weighted by Crippen LogP contribution is -2.46. The number of fused-ring (bicyclic) bond motifs is 1. The lowest BCUT2D eigenvalue weighted by molar-refractivity contribution is 0.0480. The smallest absolute Gasteiger partial charge is 0.270 e. The van der Waals surface area contributed by atoms with E-state index in [1.807, 2.05) is 17.9 Å². The van der Waals surface area contributed by atoms with Gasteiger partial charge >= 0.3 is 0 Å². The number of aromatic nitrogens is 1. The first-order valence-corrected chi connectivity index (χ1v) is 8.80. The molecular formula is C20H23FN2O. The van der Waals surface area contributed by atoms with Crippen LogP contribution in [0.5, 0.6) is 0 Å². The van der Waals surface area contributed by atoms with Crippen LogP contribution < -0.4 is 0 Å². The molecule has 1 aliphatic heterocycles. The van der Waals surface area contributed by atoms with E-state index < -0.39 is 0 Å². The molecule has 4 heteroatoms. The molecule has 24 heavy (non-hydrogen) atoms. The second kappa shape index (κ2) is 5.76. The van der Waals surface area contributed by atoms with E-state index in [4.69, 9.17) is 0 Å². The number of nitrogens with one attached hydrogen (secondary N) is 1. The summed E-state index contributed by atoms with van der Waals surface area (Å²) in [5.74, 6) is -0.230. The predicted octanol–water partition coefficient (Wildman–Crippen LogP) is 4.58. The first kappa shape index (κ1) is 15.4. The van der Waals surface area contributed by atoms with Crippen LogP contribution in [0.15, 0.2) is 30.4 Å². The fourth-order valence-corrected chi connectivity index (χ4v) is 4.36. The Morgan fingerprint density at radius 3 is 2.92 bits per heavy atom. The van der Waals surface area contributed by atoms with E-state index in [9.17, 15) is 9.18 Å². The van der Waals surface area contributed by atoms with Crippen molar-refractivity contribution in [2.45, 2.75) is 39.0 Å². The van der Waals surface area contributed by atoms with E-state index in [0.29, 0.717) is 11.2 Å². The average Bonchev–Trinajstić information content (AvgIpc) is 2.99. The summed E-state index contributed by atoms with van der Waals surface area (Å²) in [7, 11) is 0. The van der Waals surface area contributed by atoms with Gasteiger partial charge < -0.3 is 9.88 Å². The predicted molar refractivity (Wildman–Crippen MR) is 93.6 cm³/mol. The molecule has 1 amide bonds. The van der Waals surface area contributed by atoms with Crippen LogP contribution in [0.1, 0.15) is 48.2 Å². The second-order valence-corrected chi connectivity index (χ2v) is 7.41. The van der Waals surface area contributed by atoms with Gasteiger partial charge in [-0.1, -0.05) is 12.2 Å². The van der Waals surface area contributed by atoms with Gasteiger partial charge in [-0.05, 0) is 68.2 Å². The van der Waals surface area contributed by atoms with Crippen molar-refractivity contribution in [3.05, 3.63) is 47.4 Å². The molecule has 1 unspecified atom stereocenters. The molecule has 1 aliphatic carbocycles. The molecule has 1 aromatic carbocycles. The zero-order valence-corrected chi connectivity index (χ0v) is 14.1. The number of benzene rings is 1. The summed E-state index contributed by atoms with van der Waals surface area (Å²) >= 11 is 0. The molecule has 1 saturated heterocycles. The molecule has 1 N–H and O–H groups in total. The van der Waals surface area contributed by atoms with Crippen molar-refractivity contribution in [2.75, 3.05) is 13.1 Å². The van der Waals surface area contributed by atoms with Gasteiger partial charge in [-0.2, -0.15) is 0 Å². The highest BCUT2D eigenvalue weighted by atomic mass is 19.1. The minimum atomic E-state index is -0.272. The Hall–Kier alpha value is -2.10. The number of nitrogens with zero attached hydrogens (tertiary/aromatic N) is 1. The van der Waals surface area contributed by atoms with Crippen LogP contribution in [0.25, 0.3) is 10.9 Å². The normalized spacial score (nSPS) is 24.0. The first-order chi connectivity index (χ1) is 11.6. The lowest BCUT2D eigenvalue weighted by atomic mass is 9.71. The Kier molecular flexibility index (Phi) is 3.70. The van der Waals surface area contributed by atoms with Crippen LogP contribution >= 0.6 is 0 Å². The van der Waals surface area contributed by atoms with Crippen molar-refractivity contribution in [3.63, 3.8) is 0 Å². The number of hydrogen-bond acceptors (Lipinski definition) is 1. The van der Waals surface area contributed by atoms with Crippen molar-refractivity contribution in [2.24, 2.45) is 5.41 Å². The highest BCUT2D eigenvalue weighted by Crippen LogP contribution is 2.41. The molecule has 126 valence electrons. The standard InChI is InChI=1S/C20H23FN2O/c1-14-10-15(21)11-17-16(14)12-18(22-17)19(24)23-9-5-8-20(13-23)6-3-2-4-7-20/h2-3,10-12,22H,4-9,13H2,1H3. The van der Waals surface area contributed by atoms with Crippen molar-refractivity contribution in [1.82, 2.24) is 9.88 Å². The first-order valence-electron chi connectivity index (χ1n) is 8.80. The van der Waals surface area contributed by atoms with Crippen LogP contribution in [-0.2, 0) is 0 Å². The Morgan fingerprint density at radius 2 is 2.12 bits per heavy atom. The molecule has 0 bridgehead atoms. The fourth-order valence-electron chi connectivity index (χ4n) is 4.36. The molecule has 2 aliphatic rings. The van der Waals surface area contributed by atoms with E-state index in [-0.39, 0.29) is 17.1 Å². The molecule has 2 aromatic rings. The van der Waals surface area contributed by atoms with Gasteiger partial charge in [-0.25, -0.2) is 4.39 Å². The summed E-state index contributed by atoms with van der Waals surface area (Å²) in [6.07, 6.45) is 10.2. The SMILES string of the molecule is Cc1cc(F)cc2[nH]c(C(=O)N3CCCC4(CC=CCC4)C3)cc12. The number of allylic oxidation sites excluding steroid dienone is 2. The van der Waals surface area contributed by atoms with E-state index in [1.54, 1.807) is 0 Å². The number of likely N-dealkylation sites (tertiary alicyclic amines) is 1. The maximum absolute atomic E-state index is 13.6. The highest BCUT2D eigenvalue weighted by molar-refractivity contribution is 5.98. The second-order valence-electron chi connectivity index (χ2n) is 7.41. The van der Waals surface area contributed by atoms with E-state index in [2.05, 4.69) is 17.1 Å². The number of hydrogen-bond donors (Lipinski definition) is 1. The summed E-state index contributed by atoms with van der Waals surface area (Å²) in [6, 6.07) is 4.84. The Balaban J connectivity index is 1.61. The number of piperidine rings is 1. The van der Waals surface area contributed by atoms with Crippen LogP contribution in [0.2, 0.25) is 0 Å². The molecule has 1 fully saturated rings. The maximum Gasteiger partial charge on any atom is 0.270 e. The van der Waals surface area contributed by atoms with Gasteiger partial charge in [0.05, 0.1) is 0 Å².